The first-order valence-electron chi connectivity index (χ1n) is 10.8. The molecule has 3 amide bonds. The van der Waals surface area contributed by atoms with E-state index in [0.29, 0.717) is 24.5 Å². The second kappa shape index (κ2) is 7.57. The van der Waals surface area contributed by atoms with E-state index in [-0.39, 0.29) is 36.4 Å². The number of ether oxygens (including phenoxy) is 1. The van der Waals surface area contributed by atoms with Crippen LogP contribution in [0, 0.1) is 5.92 Å². The zero-order chi connectivity index (χ0) is 21.6. The monoisotopic (exact) mass is 421 g/mol. The van der Waals surface area contributed by atoms with Gasteiger partial charge in [-0.05, 0) is 30.5 Å². The fourth-order valence-corrected chi connectivity index (χ4v) is 5.21. The Labute approximate surface area is 181 Å². The number of nitrogens with zero attached hydrogens (tertiary/aromatic N) is 2. The molecule has 3 aliphatic rings. The molecule has 7 heteroatoms. The lowest BCUT2D eigenvalue weighted by Gasteiger charge is -2.70. The van der Waals surface area contributed by atoms with Crippen LogP contribution in [0.4, 0.5) is 10.5 Å². The van der Waals surface area contributed by atoms with Crippen LogP contribution in [0.3, 0.4) is 0 Å². The maximum absolute atomic E-state index is 13.1. The van der Waals surface area contributed by atoms with E-state index in [0.717, 1.165) is 18.4 Å². The Balaban J connectivity index is 1.36. The highest BCUT2D eigenvalue weighted by Crippen LogP contribution is 2.55. The van der Waals surface area contributed by atoms with E-state index in [4.69, 9.17) is 4.74 Å². The van der Waals surface area contributed by atoms with Crippen molar-refractivity contribution in [3.63, 3.8) is 0 Å². The number of urea groups is 1. The maximum Gasteiger partial charge on any atom is 0.322 e. The Hall–Kier alpha value is -3.06. The quantitative estimate of drug-likeness (QED) is 0.778. The topological polar surface area (TPSA) is 82.1 Å². The molecule has 0 bridgehead atoms. The summed E-state index contributed by atoms with van der Waals surface area (Å²) < 4.78 is 5.22. The zero-order valence-electron chi connectivity index (χ0n) is 17.5. The number of rotatable bonds is 5. The van der Waals surface area contributed by atoms with E-state index < -0.39 is 5.54 Å². The van der Waals surface area contributed by atoms with Gasteiger partial charge in [-0.15, -0.1) is 0 Å². The Bertz CT molecular complexity index is 985. The molecule has 2 aromatic rings. The first-order valence-corrected chi connectivity index (χ1v) is 10.8. The number of carbonyl (C=O) groups is 2. The molecule has 0 radical (unpaired) electrons. The molecule has 2 atom stereocenters. The van der Waals surface area contributed by atoms with Gasteiger partial charge in [0, 0.05) is 36.7 Å². The molecular weight excluding hydrogens is 394 g/mol. The molecule has 2 heterocycles. The summed E-state index contributed by atoms with van der Waals surface area (Å²) in [6.45, 7) is 0.838. The summed E-state index contributed by atoms with van der Waals surface area (Å²) >= 11 is 0. The Morgan fingerprint density at radius 1 is 1.13 bits per heavy atom. The number of anilines is 1. The van der Waals surface area contributed by atoms with Gasteiger partial charge < -0.3 is 25.0 Å². The second-order valence-corrected chi connectivity index (χ2v) is 8.74. The largest absolute Gasteiger partial charge is 0.497 e. The normalized spacial score (nSPS) is 23.7. The van der Waals surface area contributed by atoms with Crippen molar-refractivity contribution in [1.82, 2.24) is 9.80 Å². The van der Waals surface area contributed by atoms with Crippen LogP contribution in [-0.4, -0.2) is 65.2 Å². The molecule has 2 aliphatic heterocycles. The van der Waals surface area contributed by atoms with E-state index in [1.165, 1.54) is 0 Å². The fourth-order valence-electron chi connectivity index (χ4n) is 5.21. The average molecular weight is 421 g/mol. The minimum absolute atomic E-state index is 0.0160. The minimum Gasteiger partial charge on any atom is -0.497 e. The first-order chi connectivity index (χ1) is 15.1. The molecule has 0 aromatic heterocycles. The summed E-state index contributed by atoms with van der Waals surface area (Å²) in [5, 5.41) is 13.0. The van der Waals surface area contributed by atoms with Gasteiger partial charge in [-0.25, -0.2) is 4.79 Å². The molecule has 1 aliphatic carbocycles. The van der Waals surface area contributed by atoms with E-state index >= 15 is 0 Å². The van der Waals surface area contributed by atoms with E-state index in [2.05, 4.69) is 5.32 Å². The predicted molar refractivity (Wildman–Crippen MR) is 116 cm³/mol. The molecule has 2 saturated heterocycles. The minimum atomic E-state index is -0.444. The van der Waals surface area contributed by atoms with Crippen LogP contribution < -0.4 is 10.1 Å². The zero-order valence-corrected chi connectivity index (χ0v) is 17.5. The Morgan fingerprint density at radius 3 is 2.52 bits per heavy atom. The highest BCUT2D eigenvalue weighted by molar-refractivity contribution is 5.91. The van der Waals surface area contributed by atoms with Gasteiger partial charge in [0.15, 0.2) is 0 Å². The summed E-state index contributed by atoms with van der Waals surface area (Å²) in [6.07, 6.45) is 1.83. The molecular formula is C24H27N3O4. The molecule has 31 heavy (non-hydrogen) atoms. The molecule has 162 valence electrons. The lowest BCUT2D eigenvalue weighted by Crippen LogP contribution is -2.86. The summed E-state index contributed by atoms with van der Waals surface area (Å²) in [4.78, 5) is 29.5. The standard InChI is InChI=1S/C24H27N3O4/c1-31-19-9-5-8-18(12-19)25-23(30)26-14-24(15-26)21(16-6-3-2-4-7-16)20(13-28)27(24)22(29)17-10-11-17/h2-9,12,17,20-21,28H,10-11,13-15H2,1H3,(H,25,30)/t20-,21+/m1/s1. The van der Waals surface area contributed by atoms with Crippen molar-refractivity contribution >= 4 is 17.6 Å². The highest BCUT2D eigenvalue weighted by Gasteiger charge is 2.69. The number of nitrogens with one attached hydrogen (secondary N) is 1. The van der Waals surface area contributed by atoms with E-state index in [9.17, 15) is 14.7 Å². The number of benzene rings is 2. The van der Waals surface area contributed by atoms with E-state index in [1.807, 2.05) is 53.4 Å². The number of aliphatic hydroxyl groups excluding tert-OH is 1. The number of hydrogen-bond acceptors (Lipinski definition) is 4. The maximum atomic E-state index is 13.1. The number of methoxy groups -OCH3 is 1. The van der Waals surface area contributed by atoms with Gasteiger partial charge in [0.05, 0.1) is 25.3 Å². The SMILES string of the molecule is COc1cccc(NC(=O)N2CC3(C2)[C@@H](c2ccccc2)[C@@H](CO)N3C(=O)C2CC2)c1. The van der Waals surface area contributed by atoms with Crippen molar-refractivity contribution in [2.75, 3.05) is 32.1 Å². The molecule has 3 fully saturated rings. The summed E-state index contributed by atoms with van der Waals surface area (Å²) in [5.41, 5.74) is 1.33. The van der Waals surface area contributed by atoms with Gasteiger partial charge in [-0.3, -0.25) is 4.79 Å². The third-order valence-electron chi connectivity index (χ3n) is 6.82. The Morgan fingerprint density at radius 2 is 1.87 bits per heavy atom. The molecule has 1 saturated carbocycles. The molecule has 0 unspecified atom stereocenters. The fraction of sp³-hybridized carbons (Fsp3) is 0.417. The molecule has 2 N–H and O–H groups in total. The number of amides is 3. The second-order valence-electron chi connectivity index (χ2n) is 8.74. The van der Waals surface area contributed by atoms with Crippen molar-refractivity contribution in [2.45, 2.75) is 30.3 Å². The molecule has 7 nitrogen and oxygen atoms in total. The summed E-state index contributed by atoms with van der Waals surface area (Å²) in [6, 6.07) is 16.8. The average Bonchev–Trinajstić information content (AvgIpc) is 3.58. The molecule has 5 rings (SSSR count). The van der Waals surface area contributed by atoms with Crippen molar-refractivity contribution < 1.29 is 19.4 Å². The van der Waals surface area contributed by atoms with Gasteiger partial charge in [-0.1, -0.05) is 36.4 Å². The number of likely N-dealkylation sites (tertiary alicyclic amines) is 2. The highest BCUT2D eigenvalue weighted by atomic mass is 16.5. The van der Waals surface area contributed by atoms with Gasteiger partial charge >= 0.3 is 6.03 Å². The van der Waals surface area contributed by atoms with Crippen molar-refractivity contribution in [3.05, 3.63) is 60.2 Å². The van der Waals surface area contributed by atoms with Gasteiger partial charge in [0.1, 0.15) is 5.75 Å². The predicted octanol–water partition coefficient (Wildman–Crippen LogP) is 2.68. The van der Waals surface area contributed by atoms with Crippen LogP contribution in [0.15, 0.2) is 54.6 Å². The van der Waals surface area contributed by atoms with Crippen LogP contribution in [0.5, 0.6) is 5.75 Å². The lowest BCUT2D eigenvalue weighted by molar-refractivity contribution is -0.193. The third kappa shape index (κ3) is 3.24. The lowest BCUT2D eigenvalue weighted by atomic mass is 9.60. The third-order valence-corrected chi connectivity index (χ3v) is 6.82. The van der Waals surface area contributed by atoms with Crippen LogP contribution >= 0.6 is 0 Å². The van der Waals surface area contributed by atoms with Crippen LogP contribution in [-0.2, 0) is 4.79 Å². The van der Waals surface area contributed by atoms with Crippen molar-refractivity contribution in [2.24, 2.45) is 5.92 Å². The number of aliphatic hydroxyl groups is 1. The number of carbonyl (C=O) groups excluding carboxylic acids is 2. The molecule has 2 aromatic carbocycles. The Kier molecular flexibility index (Phi) is 4.85. The van der Waals surface area contributed by atoms with Crippen LogP contribution in [0.25, 0.3) is 0 Å². The van der Waals surface area contributed by atoms with Crippen LogP contribution in [0.1, 0.15) is 24.3 Å². The van der Waals surface area contributed by atoms with Crippen LogP contribution in [0.2, 0.25) is 0 Å². The number of hydrogen-bond donors (Lipinski definition) is 2. The van der Waals surface area contributed by atoms with Gasteiger partial charge in [-0.2, -0.15) is 0 Å². The summed E-state index contributed by atoms with van der Waals surface area (Å²) in [7, 11) is 1.59. The first kappa shape index (κ1) is 19.9. The smallest absolute Gasteiger partial charge is 0.322 e. The van der Waals surface area contributed by atoms with Crippen molar-refractivity contribution in [3.8, 4) is 5.75 Å². The van der Waals surface area contributed by atoms with Gasteiger partial charge in [0.25, 0.3) is 0 Å². The van der Waals surface area contributed by atoms with Crippen molar-refractivity contribution in [1.29, 1.82) is 0 Å². The summed E-state index contributed by atoms with van der Waals surface area (Å²) in [5.74, 6) is 0.886. The van der Waals surface area contributed by atoms with E-state index in [1.54, 1.807) is 18.1 Å². The molecule has 1 spiro atoms. The van der Waals surface area contributed by atoms with Gasteiger partial charge in [0.2, 0.25) is 5.91 Å².